The van der Waals surface area contributed by atoms with Gasteiger partial charge in [-0.25, -0.2) is 4.98 Å². The van der Waals surface area contributed by atoms with Gasteiger partial charge in [-0.2, -0.15) is 0 Å². The predicted molar refractivity (Wildman–Crippen MR) is 87.9 cm³/mol. The van der Waals surface area contributed by atoms with Crippen LogP contribution in [0.1, 0.15) is 17.5 Å². The number of anilines is 1. The van der Waals surface area contributed by atoms with Crippen LogP contribution in [0.25, 0.3) is 22.4 Å². The molecule has 0 radical (unpaired) electrons. The molecule has 0 spiro atoms. The summed E-state index contributed by atoms with van der Waals surface area (Å²) >= 11 is 0. The van der Waals surface area contributed by atoms with Gasteiger partial charge < -0.3 is 9.88 Å². The van der Waals surface area contributed by atoms with Crippen LogP contribution in [0.3, 0.4) is 0 Å². The number of hydrogen-bond acceptors (Lipinski definition) is 2. The summed E-state index contributed by atoms with van der Waals surface area (Å²) in [6.07, 6.45) is 2.39. The number of imidazole rings is 1. The van der Waals surface area contributed by atoms with Crippen LogP contribution in [0.2, 0.25) is 0 Å². The van der Waals surface area contributed by atoms with Crippen LogP contribution in [-0.4, -0.2) is 23.6 Å². The van der Waals surface area contributed by atoms with Crippen LogP contribution in [-0.2, 0) is 6.42 Å². The van der Waals surface area contributed by atoms with Crippen molar-refractivity contribution in [1.82, 2.24) is 9.97 Å². The summed E-state index contributed by atoms with van der Waals surface area (Å²) in [5.74, 6) is 0.968. The summed E-state index contributed by atoms with van der Waals surface area (Å²) in [4.78, 5) is 10.6. The first kappa shape index (κ1) is 12.5. The average molecular weight is 277 g/mol. The van der Waals surface area contributed by atoms with E-state index in [1.807, 2.05) is 0 Å². The van der Waals surface area contributed by atoms with E-state index in [0.29, 0.717) is 0 Å². The van der Waals surface area contributed by atoms with E-state index in [0.717, 1.165) is 29.8 Å². The van der Waals surface area contributed by atoms with Gasteiger partial charge in [0.25, 0.3) is 0 Å². The van der Waals surface area contributed by atoms with Crippen LogP contribution >= 0.6 is 0 Å². The Morgan fingerprint density at radius 1 is 1.19 bits per heavy atom. The Hall–Kier alpha value is -2.29. The molecule has 1 N–H and O–H groups in total. The number of benzene rings is 2. The maximum absolute atomic E-state index is 4.78. The van der Waals surface area contributed by atoms with E-state index in [2.05, 4.69) is 60.3 Å². The lowest BCUT2D eigenvalue weighted by molar-refractivity contribution is 0.744. The number of nitrogens with one attached hydrogen (secondary N) is 1. The van der Waals surface area contributed by atoms with E-state index in [1.165, 1.54) is 28.8 Å². The van der Waals surface area contributed by atoms with Crippen molar-refractivity contribution in [2.75, 3.05) is 18.5 Å². The lowest BCUT2D eigenvalue weighted by atomic mass is 9.99. The Bertz CT molecular complexity index is 816. The Morgan fingerprint density at radius 2 is 2.10 bits per heavy atom. The minimum absolute atomic E-state index is 0.968. The number of aromatic amines is 1. The molecule has 3 aromatic rings. The first-order valence-corrected chi connectivity index (χ1v) is 7.52. The van der Waals surface area contributed by atoms with E-state index in [4.69, 9.17) is 4.98 Å². The summed E-state index contributed by atoms with van der Waals surface area (Å²) in [7, 11) is 2.17. The van der Waals surface area contributed by atoms with Gasteiger partial charge >= 0.3 is 0 Å². The second kappa shape index (κ2) is 4.62. The molecule has 3 nitrogen and oxygen atoms in total. The molecule has 0 atom stereocenters. The Labute approximate surface area is 124 Å². The minimum atomic E-state index is 0.968. The first-order chi connectivity index (χ1) is 10.2. The van der Waals surface area contributed by atoms with Crippen molar-refractivity contribution in [1.29, 1.82) is 0 Å². The van der Waals surface area contributed by atoms with Crippen LogP contribution < -0.4 is 4.90 Å². The molecule has 106 valence electrons. The zero-order chi connectivity index (χ0) is 14.4. The number of rotatable bonds is 1. The maximum atomic E-state index is 4.78. The molecule has 21 heavy (non-hydrogen) atoms. The van der Waals surface area contributed by atoms with Crippen LogP contribution in [0.15, 0.2) is 36.4 Å². The molecule has 0 aliphatic carbocycles. The topological polar surface area (TPSA) is 31.9 Å². The largest absolute Gasteiger partial charge is 0.374 e. The molecule has 0 amide bonds. The van der Waals surface area contributed by atoms with Crippen molar-refractivity contribution >= 4 is 16.7 Å². The van der Waals surface area contributed by atoms with Crippen LogP contribution in [0.4, 0.5) is 5.69 Å². The van der Waals surface area contributed by atoms with E-state index in [9.17, 15) is 0 Å². The quantitative estimate of drug-likeness (QED) is 0.731. The van der Waals surface area contributed by atoms with Crippen molar-refractivity contribution in [2.45, 2.75) is 19.8 Å². The third kappa shape index (κ3) is 2.00. The van der Waals surface area contributed by atoms with Gasteiger partial charge in [0, 0.05) is 24.8 Å². The summed E-state index contributed by atoms with van der Waals surface area (Å²) < 4.78 is 0. The molecule has 0 saturated carbocycles. The van der Waals surface area contributed by atoms with Gasteiger partial charge in [0.05, 0.1) is 11.0 Å². The van der Waals surface area contributed by atoms with Gasteiger partial charge in [-0.15, -0.1) is 0 Å². The van der Waals surface area contributed by atoms with Gasteiger partial charge in [0.2, 0.25) is 0 Å². The molecule has 4 rings (SSSR count). The number of hydrogen-bond donors (Lipinski definition) is 1. The number of aryl methyl sites for hydroxylation is 2. The molecule has 0 bridgehead atoms. The number of fused-ring (bicyclic) bond motifs is 2. The Kier molecular flexibility index (Phi) is 2.74. The van der Waals surface area contributed by atoms with Gasteiger partial charge in [-0.05, 0) is 55.2 Å². The van der Waals surface area contributed by atoms with E-state index >= 15 is 0 Å². The summed E-state index contributed by atoms with van der Waals surface area (Å²) in [5.41, 5.74) is 7.37. The first-order valence-electron chi connectivity index (χ1n) is 7.52. The van der Waals surface area contributed by atoms with Crippen molar-refractivity contribution in [3.05, 3.63) is 47.5 Å². The molecule has 0 fully saturated rings. The van der Waals surface area contributed by atoms with Crippen molar-refractivity contribution in [3.63, 3.8) is 0 Å². The third-order valence-electron chi connectivity index (χ3n) is 4.42. The molecule has 1 aliphatic rings. The predicted octanol–water partition coefficient (Wildman–Crippen LogP) is 3.92. The second-order valence-corrected chi connectivity index (χ2v) is 5.93. The summed E-state index contributed by atoms with van der Waals surface area (Å²) in [6, 6.07) is 13.0. The fourth-order valence-electron chi connectivity index (χ4n) is 3.24. The highest BCUT2D eigenvalue weighted by Gasteiger charge is 2.15. The molecule has 1 aromatic heterocycles. The Balaban J connectivity index is 1.83. The monoisotopic (exact) mass is 277 g/mol. The normalized spacial score (nSPS) is 14.5. The number of para-hydroxylation sites is 1. The average Bonchev–Trinajstić information content (AvgIpc) is 2.93. The Morgan fingerprint density at radius 3 is 2.95 bits per heavy atom. The molecule has 2 aromatic carbocycles. The molecule has 1 aliphatic heterocycles. The van der Waals surface area contributed by atoms with Crippen molar-refractivity contribution < 1.29 is 0 Å². The SMILES string of the molecule is Cc1cccc2[nH]c(-c3ccc4c(c3)CCCN4C)nc12. The lowest BCUT2D eigenvalue weighted by Crippen LogP contribution is -2.24. The smallest absolute Gasteiger partial charge is 0.138 e. The maximum Gasteiger partial charge on any atom is 0.138 e. The van der Waals surface area contributed by atoms with Crippen LogP contribution in [0, 0.1) is 6.92 Å². The lowest BCUT2D eigenvalue weighted by Gasteiger charge is -2.27. The molecule has 0 unspecified atom stereocenters. The van der Waals surface area contributed by atoms with Crippen molar-refractivity contribution in [3.8, 4) is 11.4 Å². The third-order valence-corrected chi connectivity index (χ3v) is 4.42. The van der Waals surface area contributed by atoms with Gasteiger partial charge in [0.1, 0.15) is 5.82 Å². The van der Waals surface area contributed by atoms with E-state index < -0.39 is 0 Å². The molecule has 0 saturated heterocycles. The fraction of sp³-hybridized carbons (Fsp3) is 0.278. The summed E-state index contributed by atoms with van der Waals surface area (Å²) in [5, 5.41) is 0. The van der Waals surface area contributed by atoms with E-state index in [1.54, 1.807) is 0 Å². The molecule has 3 heteroatoms. The highest BCUT2D eigenvalue weighted by atomic mass is 15.1. The highest BCUT2D eigenvalue weighted by molar-refractivity contribution is 5.82. The molecular weight excluding hydrogens is 258 g/mol. The van der Waals surface area contributed by atoms with Crippen molar-refractivity contribution in [2.24, 2.45) is 0 Å². The van der Waals surface area contributed by atoms with Gasteiger partial charge in [-0.3, -0.25) is 0 Å². The molecular formula is C18H19N3. The van der Waals surface area contributed by atoms with Gasteiger partial charge in [0.15, 0.2) is 0 Å². The second-order valence-electron chi connectivity index (χ2n) is 5.93. The van der Waals surface area contributed by atoms with E-state index in [-0.39, 0.29) is 0 Å². The van der Waals surface area contributed by atoms with Gasteiger partial charge in [-0.1, -0.05) is 12.1 Å². The zero-order valence-electron chi connectivity index (χ0n) is 12.5. The fourth-order valence-corrected chi connectivity index (χ4v) is 3.24. The summed E-state index contributed by atoms with van der Waals surface area (Å²) in [6.45, 7) is 3.25. The van der Waals surface area contributed by atoms with Crippen LogP contribution in [0.5, 0.6) is 0 Å². The number of aromatic nitrogens is 2. The number of nitrogens with zero attached hydrogens (tertiary/aromatic N) is 2. The number of H-pyrrole nitrogens is 1. The molecule has 2 heterocycles. The standard InChI is InChI=1S/C18H19N3/c1-12-5-3-7-15-17(12)20-18(19-15)14-8-9-16-13(11-14)6-4-10-21(16)2/h3,5,7-9,11H,4,6,10H2,1-2H3,(H,19,20). The zero-order valence-corrected chi connectivity index (χ0v) is 12.5. The highest BCUT2D eigenvalue weighted by Crippen LogP contribution is 2.30. The minimum Gasteiger partial charge on any atom is -0.374 e.